The van der Waals surface area contributed by atoms with Crippen molar-refractivity contribution in [2.75, 3.05) is 19.0 Å². The highest BCUT2D eigenvalue weighted by molar-refractivity contribution is 5.84. The van der Waals surface area contributed by atoms with Gasteiger partial charge in [-0.1, -0.05) is 12.1 Å². The van der Waals surface area contributed by atoms with Gasteiger partial charge in [-0.05, 0) is 38.5 Å². The van der Waals surface area contributed by atoms with Crippen LogP contribution >= 0.6 is 0 Å². The zero-order valence-corrected chi connectivity index (χ0v) is 13.1. The molecule has 0 aliphatic rings. The normalized spacial score (nSPS) is 11.2. The van der Waals surface area contributed by atoms with Crippen molar-refractivity contribution in [1.29, 1.82) is 0 Å². The molecule has 0 aromatic heterocycles. The Balaban J connectivity index is 2.63. The summed E-state index contributed by atoms with van der Waals surface area (Å²) in [7, 11) is 1.34. The molecule has 0 saturated heterocycles. The van der Waals surface area contributed by atoms with E-state index in [9.17, 15) is 4.79 Å². The lowest BCUT2D eigenvalue weighted by molar-refractivity contribution is 0.187. The summed E-state index contributed by atoms with van der Waals surface area (Å²) in [6.07, 6.45) is -0.476. The van der Waals surface area contributed by atoms with Crippen molar-refractivity contribution < 1.29 is 9.53 Å². The molecule has 0 fully saturated rings. The molecule has 0 heterocycles. The van der Waals surface area contributed by atoms with E-state index in [1.165, 1.54) is 7.11 Å². The zero-order chi connectivity index (χ0) is 15.7. The van der Waals surface area contributed by atoms with E-state index in [2.05, 4.69) is 39.5 Å². The number of carbonyl (C=O) groups is 1. The first kappa shape index (κ1) is 16.8. The number of anilines is 1. The minimum absolute atomic E-state index is 0.328. The third-order valence-electron chi connectivity index (χ3n) is 2.58. The lowest BCUT2D eigenvalue weighted by Gasteiger charge is -2.14. The Morgan fingerprint density at radius 1 is 1.29 bits per heavy atom. The van der Waals surface area contributed by atoms with Gasteiger partial charge in [0.15, 0.2) is 5.96 Å². The van der Waals surface area contributed by atoms with Crippen molar-refractivity contribution in [2.45, 2.75) is 33.4 Å². The summed E-state index contributed by atoms with van der Waals surface area (Å²) in [6.45, 7) is 7.56. The van der Waals surface area contributed by atoms with Crippen LogP contribution in [0.25, 0.3) is 0 Å². The largest absolute Gasteiger partial charge is 0.453 e. The second-order valence-electron chi connectivity index (χ2n) is 4.81. The van der Waals surface area contributed by atoms with Crippen LogP contribution in [-0.2, 0) is 11.3 Å². The van der Waals surface area contributed by atoms with E-state index in [1.54, 1.807) is 0 Å². The number of ether oxygens (including phenoxy) is 1. The lowest BCUT2D eigenvalue weighted by atomic mass is 10.2. The molecule has 21 heavy (non-hydrogen) atoms. The molecule has 0 atom stereocenters. The van der Waals surface area contributed by atoms with Gasteiger partial charge < -0.3 is 15.4 Å². The smallest absolute Gasteiger partial charge is 0.411 e. The number of hydrogen-bond acceptors (Lipinski definition) is 3. The zero-order valence-electron chi connectivity index (χ0n) is 13.1. The first-order valence-electron chi connectivity index (χ1n) is 7.04. The summed E-state index contributed by atoms with van der Waals surface area (Å²) in [5.74, 6) is 0.796. The van der Waals surface area contributed by atoms with Crippen molar-refractivity contribution in [3.63, 3.8) is 0 Å². The molecule has 1 rings (SSSR count). The van der Waals surface area contributed by atoms with Crippen LogP contribution in [0.2, 0.25) is 0 Å². The highest BCUT2D eigenvalue weighted by Crippen LogP contribution is 2.10. The van der Waals surface area contributed by atoms with Crippen LogP contribution < -0.4 is 16.0 Å². The molecule has 0 saturated carbocycles. The number of methoxy groups -OCH3 is 1. The minimum Gasteiger partial charge on any atom is -0.453 e. The molecule has 1 amide bonds. The molecular formula is C15H24N4O2. The number of benzene rings is 1. The molecule has 6 heteroatoms. The maximum Gasteiger partial charge on any atom is 0.411 e. The van der Waals surface area contributed by atoms with Gasteiger partial charge in [-0.15, -0.1) is 0 Å². The van der Waals surface area contributed by atoms with Crippen molar-refractivity contribution >= 4 is 17.7 Å². The highest BCUT2D eigenvalue weighted by Gasteiger charge is 2.02. The maximum atomic E-state index is 11.1. The van der Waals surface area contributed by atoms with Crippen molar-refractivity contribution in [3.05, 3.63) is 29.8 Å². The second kappa shape index (κ2) is 8.84. The van der Waals surface area contributed by atoms with Gasteiger partial charge in [0.25, 0.3) is 0 Å². The van der Waals surface area contributed by atoms with Gasteiger partial charge in [0, 0.05) is 18.3 Å². The van der Waals surface area contributed by atoms with Crippen molar-refractivity contribution in [3.8, 4) is 0 Å². The predicted molar refractivity (Wildman–Crippen MR) is 85.6 cm³/mol. The summed E-state index contributed by atoms with van der Waals surface area (Å²) in [5, 5.41) is 9.06. The maximum absolute atomic E-state index is 11.1. The standard InChI is InChI=1S/C15H24N4O2/c1-5-16-14(18-11(2)3)17-10-12-6-8-13(9-7-12)19-15(20)21-4/h6-9,11H,5,10H2,1-4H3,(H,19,20)(H2,16,17,18). The fourth-order valence-corrected chi connectivity index (χ4v) is 1.63. The molecule has 1 aromatic carbocycles. The molecule has 3 N–H and O–H groups in total. The summed E-state index contributed by atoms with van der Waals surface area (Å²) in [6, 6.07) is 7.82. The third kappa shape index (κ3) is 6.65. The Morgan fingerprint density at radius 2 is 1.95 bits per heavy atom. The molecule has 0 aliphatic heterocycles. The quantitative estimate of drug-likeness (QED) is 0.575. The Hall–Kier alpha value is -2.24. The first-order valence-corrected chi connectivity index (χ1v) is 7.04. The molecule has 1 aromatic rings. The Kier molecular flexibility index (Phi) is 7.08. The molecular weight excluding hydrogens is 268 g/mol. The molecule has 0 radical (unpaired) electrons. The number of amides is 1. The van der Waals surface area contributed by atoms with Crippen LogP contribution in [0.4, 0.5) is 10.5 Å². The highest BCUT2D eigenvalue weighted by atomic mass is 16.5. The summed E-state index contributed by atoms with van der Waals surface area (Å²) in [5.41, 5.74) is 1.76. The van der Waals surface area contributed by atoms with Crippen LogP contribution in [0, 0.1) is 0 Å². The van der Waals surface area contributed by atoms with Crippen molar-refractivity contribution in [1.82, 2.24) is 10.6 Å². The number of carbonyl (C=O) groups excluding carboxylic acids is 1. The number of guanidine groups is 1. The van der Waals surface area contributed by atoms with Gasteiger partial charge in [-0.25, -0.2) is 9.79 Å². The molecule has 0 unspecified atom stereocenters. The number of nitrogens with one attached hydrogen (secondary N) is 3. The Labute approximate surface area is 126 Å². The average Bonchev–Trinajstić information content (AvgIpc) is 2.46. The SMILES string of the molecule is CCNC(=NCc1ccc(NC(=O)OC)cc1)NC(C)C. The van der Waals surface area contributed by atoms with E-state index in [4.69, 9.17) is 0 Å². The van der Waals surface area contributed by atoms with Gasteiger partial charge in [0.1, 0.15) is 0 Å². The third-order valence-corrected chi connectivity index (χ3v) is 2.58. The first-order chi connectivity index (χ1) is 10.0. The minimum atomic E-state index is -0.476. The number of aliphatic imine (C=N–C) groups is 1. The van der Waals surface area contributed by atoms with Crippen molar-refractivity contribution in [2.24, 2.45) is 4.99 Å². The Bertz CT molecular complexity index is 469. The molecule has 6 nitrogen and oxygen atoms in total. The van der Waals surface area contributed by atoms with Gasteiger partial charge in [0.05, 0.1) is 13.7 Å². The van der Waals surface area contributed by atoms with Crippen LogP contribution in [0.15, 0.2) is 29.3 Å². The molecule has 116 valence electrons. The lowest BCUT2D eigenvalue weighted by Crippen LogP contribution is -2.40. The van der Waals surface area contributed by atoms with E-state index in [-0.39, 0.29) is 0 Å². The average molecular weight is 292 g/mol. The summed E-state index contributed by atoms with van der Waals surface area (Å²) in [4.78, 5) is 15.6. The van der Waals surface area contributed by atoms with Gasteiger partial charge in [-0.2, -0.15) is 0 Å². The molecule has 0 bridgehead atoms. The van der Waals surface area contributed by atoms with E-state index >= 15 is 0 Å². The van der Waals surface area contributed by atoms with E-state index in [0.29, 0.717) is 18.3 Å². The van der Waals surface area contributed by atoms with Crippen LogP contribution in [0.3, 0.4) is 0 Å². The van der Waals surface area contributed by atoms with E-state index in [0.717, 1.165) is 18.1 Å². The monoisotopic (exact) mass is 292 g/mol. The molecule has 0 spiro atoms. The second-order valence-corrected chi connectivity index (χ2v) is 4.81. The number of rotatable bonds is 5. The topological polar surface area (TPSA) is 74.8 Å². The number of hydrogen-bond donors (Lipinski definition) is 3. The van der Waals surface area contributed by atoms with E-state index < -0.39 is 6.09 Å². The van der Waals surface area contributed by atoms with Gasteiger partial charge in [0.2, 0.25) is 0 Å². The number of nitrogens with zero attached hydrogens (tertiary/aromatic N) is 1. The summed E-state index contributed by atoms with van der Waals surface area (Å²) >= 11 is 0. The molecule has 0 aliphatic carbocycles. The van der Waals surface area contributed by atoms with Gasteiger partial charge in [-0.3, -0.25) is 5.32 Å². The fraction of sp³-hybridized carbons (Fsp3) is 0.467. The fourth-order valence-electron chi connectivity index (χ4n) is 1.63. The Morgan fingerprint density at radius 3 is 2.48 bits per heavy atom. The van der Waals surface area contributed by atoms with Crippen LogP contribution in [0.5, 0.6) is 0 Å². The predicted octanol–water partition coefficient (Wildman–Crippen LogP) is 2.33. The van der Waals surface area contributed by atoms with Crippen LogP contribution in [-0.4, -0.2) is 31.7 Å². The summed E-state index contributed by atoms with van der Waals surface area (Å²) < 4.78 is 4.54. The van der Waals surface area contributed by atoms with Gasteiger partial charge >= 0.3 is 6.09 Å². The van der Waals surface area contributed by atoms with E-state index in [1.807, 2.05) is 31.2 Å². The van der Waals surface area contributed by atoms with Crippen LogP contribution in [0.1, 0.15) is 26.3 Å².